The van der Waals surface area contributed by atoms with Crippen molar-refractivity contribution in [3.8, 4) is 0 Å². The Balaban J connectivity index is 2.89. The van der Waals surface area contributed by atoms with E-state index in [4.69, 9.17) is 4.74 Å². The molecule has 15 heavy (non-hydrogen) atoms. The van der Waals surface area contributed by atoms with E-state index in [1.807, 2.05) is 0 Å². The van der Waals surface area contributed by atoms with E-state index >= 15 is 0 Å². The van der Waals surface area contributed by atoms with Gasteiger partial charge in [-0.1, -0.05) is 0 Å². The summed E-state index contributed by atoms with van der Waals surface area (Å²) < 4.78 is 11.1. The molecule has 0 fully saturated rings. The van der Waals surface area contributed by atoms with Gasteiger partial charge in [0.1, 0.15) is 0 Å². The van der Waals surface area contributed by atoms with E-state index < -0.39 is 5.97 Å². The van der Waals surface area contributed by atoms with Crippen molar-refractivity contribution in [3.05, 3.63) is 23.5 Å². The van der Waals surface area contributed by atoms with Gasteiger partial charge in [0.05, 0.1) is 25.0 Å². The third-order valence-corrected chi connectivity index (χ3v) is 2.01. The number of aromatic nitrogens is 1. The first-order valence-electron chi connectivity index (χ1n) is 4.45. The molecule has 0 amide bonds. The molecule has 0 aliphatic heterocycles. The number of hydrogen-bond acceptors (Lipinski definition) is 4. The molecule has 0 saturated heterocycles. The van der Waals surface area contributed by atoms with E-state index in [0.717, 1.165) is 0 Å². The second kappa shape index (κ2) is 5.31. The third-order valence-electron chi connectivity index (χ3n) is 2.01. The average Bonchev–Trinajstić information content (AvgIpc) is 2.68. The van der Waals surface area contributed by atoms with Gasteiger partial charge in [0.15, 0.2) is 6.29 Å². The highest BCUT2D eigenvalue weighted by molar-refractivity contribution is 5.91. The van der Waals surface area contributed by atoms with Crippen LogP contribution in [0.3, 0.4) is 0 Å². The zero-order chi connectivity index (χ0) is 11.3. The molecule has 0 aromatic carbocycles. The molecule has 0 spiro atoms. The Bertz CT molecular complexity index is 356. The number of nitrogens with zero attached hydrogens (tertiary/aromatic N) is 1. The normalized spacial score (nSPS) is 10.0. The maximum absolute atomic E-state index is 11.2. The lowest BCUT2D eigenvalue weighted by Crippen LogP contribution is -2.06. The second-order valence-corrected chi connectivity index (χ2v) is 2.95. The lowest BCUT2D eigenvalue weighted by atomic mass is 10.3. The summed E-state index contributed by atoms with van der Waals surface area (Å²) in [6.45, 7) is 1.01. The molecule has 0 radical (unpaired) electrons. The predicted octanol–water partition coefficient (Wildman–Crippen LogP) is 0.734. The van der Waals surface area contributed by atoms with E-state index in [2.05, 4.69) is 4.74 Å². The van der Waals surface area contributed by atoms with Crippen LogP contribution in [0, 0.1) is 0 Å². The summed E-state index contributed by atoms with van der Waals surface area (Å²) in [5.74, 6) is -0.450. The van der Waals surface area contributed by atoms with Gasteiger partial charge < -0.3 is 14.0 Å². The lowest BCUT2D eigenvalue weighted by molar-refractivity contribution is 0.0600. The molecular weight excluding hydrogens is 198 g/mol. The van der Waals surface area contributed by atoms with Crippen LogP contribution >= 0.6 is 0 Å². The zero-order valence-corrected chi connectivity index (χ0v) is 8.73. The number of aldehydes is 1. The summed E-state index contributed by atoms with van der Waals surface area (Å²) in [5, 5.41) is 0. The standard InChI is InChI=1S/C10H13NO4/c1-14-4-3-11-6-8(10(13)15-2)5-9(11)7-12/h5-7H,3-4H2,1-2H3. The molecule has 1 heterocycles. The molecule has 0 aliphatic rings. The minimum Gasteiger partial charge on any atom is -0.465 e. The molecule has 1 aromatic heterocycles. The zero-order valence-electron chi connectivity index (χ0n) is 8.73. The van der Waals surface area contributed by atoms with Crippen LogP contribution in [0.2, 0.25) is 0 Å². The van der Waals surface area contributed by atoms with E-state index in [9.17, 15) is 9.59 Å². The van der Waals surface area contributed by atoms with Gasteiger partial charge in [0, 0.05) is 19.9 Å². The molecule has 0 unspecified atom stereocenters. The Kier molecular flexibility index (Phi) is 4.05. The number of hydrogen-bond donors (Lipinski definition) is 0. The molecule has 5 heteroatoms. The smallest absolute Gasteiger partial charge is 0.339 e. The molecule has 1 rings (SSSR count). The van der Waals surface area contributed by atoms with Gasteiger partial charge in [-0.25, -0.2) is 4.79 Å². The number of carbonyl (C=O) groups excluding carboxylic acids is 2. The van der Waals surface area contributed by atoms with Crippen molar-refractivity contribution >= 4 is 12.3 Å². The number of esters is 1. The van der Waals surface area contributed by atoms with Crippen LogP contribution < -0.4 is 0 Å². The molecule has 1 aromatic rings. The fourth-order valence-electron chi connectivity index (χ4n) is 1.24. The van der Waals surface area contributed by atoms with Crippen molar-refractivity contribution in [1.82, 2.24) is 4.57 Å². The Hall–Kier alpha value is -1.62. The highest BCUT2D eigenvalue weighted by Crippen LogP contribution is 2.08. The summed E-state index contributed by atoms with van der Waals surface area (Å²) >= 11 is 0. The second-order valence-electron chi connectivity index (χ2n) is 2.95. The highest BCUT2D eigenvalue weighted by atomic mass is 16.5. The van der Waals surface area contributed by atoms with Crippen LogP contribution in [-0.4, -0.2) is 37.6 Å². The quantitative estimate of drug-likeness (QED) is 0.532. The van der Waals surface area contributed by atoms with Crippen LogP contribution in [0.25, 0.3) is 0 Å². The van der Waals surface area contributed by atoms with Crippen LogP contribution in [0.4, 0.5) is 0 Å². The first kappa shape index (κ1) is 11.5. The molecule has 0 bridgehead atoms. The SMILES string of the molecule is COCCn1cc(C(=O)OC)cc1C=O. The van der Waals surface area contributed by atoms with E-state index in [1.54, 1.807) is 17.9 Å². The summed E-state index contributed by atoms with van der Waals surface area (Å²) in [7, 11) is 2.88. The van der Waals surface area contributed by atoms with Gasteiger partial charge in [-0.3, -0.25) is 4.79 Å². The minimum atomic E-state index is -0.450. The summed E-state index contributed by atoms with van der Waals surface area (Å²) in [4.78, 5) is 21.9. The van der Waals surface area contributed by atoms with Gasteiger partial charge in [0.25, 0.3) is 0 Å². The van der Waals surface area contributed by atoms with Crippen LogP contribution in [-0.2, 0) is 16.0 Å². The van der Waals surface area contributed by atoms with Crippen molar-refractivity contribution in [2.24, 2.45) is 0 Å². The van der Waals surface area contributed by atoms with Gasteiger partial charge in [-0.05, 0) is 6.07 Å². The molecular formula is C10H13NO4. The van der Waals surface area contributed by atoms with Gasteiger partial charge in [-0.15, -0.1) is 0 Å². The highest BCUT2D eigenvalue weighted by Gasteiger charge is 2.11. The predicted molar refractivity (Wildman–Crippen MR) is 53.0 cm³/mol. The summed E-state index contributed by atoms with van der Waals surface area (Å²) in [6.07, 6.45) is 2.27. The summed E-state index contributed by atoms with van der Waals surface area (Å²) in [5.41, 5.74) is 0.808. The minimum absolute atomic E-state index is 0.371. The van der Waals surface area contributed by atoms with Crippen molar-refractivity contribution in [2.75, 3.05) is 20.8 Å². The third kappa shape index (κ3) is 2.66. The fourth-order valence-corrected chi connectivity index (χ4v) is 1.24. The first-order chi connectivity index (χ1) is 7.22. The Morgan fingerprint density at radius 1 is 1.53 bits per heavy atom. The Labute approximate surface area is 87.6 Å². The largest absolute Gasteiger partial charge is 0.465 e. The molecule has 0 saturated carbocycles. The monoisotopic (exact) mass is 211 g/mol. The Morgan fingerprint density at radius 3 is 2.80 bits per heavy atom. The maximum Gasteiger partial charge on any atom is 0.339 e. The molecule has 0 N–H and O–H groups in total. The molecule has 82 valence electrons. The van der Waals surface area contributed by atoms with Crippen LogP contribution in [0.5, 0.6) is 0 Å². The number of ether oxygens (including phenoxy) is 2. The molecule has 0 atom stereocenters. The molecule has 5 nitrogen and oxygen atoms in total. The van der Waals surface area contributed by atoms with Crippen molar-refractivity contribution in [1.29, 1.82) is 0 Å². The average molecular weight is 211 g/mol. The van der Waals surface area contributed by atoms with Gasteiger partial charge in [0.2, 0.25) is 0 Å². The van der Waals surface area contributed by atoms with E-state index in [-0.39, 0.29) is 0 Å². The number of carbonyl (C=O) groups is 2. The maximum atomic E-state index is 11.2. The fraction of sp³-hybridized carbons (Fsp3) is 0.400. The van der Waals surface area contributed by atoms with Crippen LogP contribution in [0.1, 0.15) is 20.8 Å². The molecule has 0 aliphatic carbocycles. The number of methoxy groups -OCH3 is 2. The lowest BCUT2D eigenvalue weighted by Gasteiger charge is -2.02. The van der Waals surface area contributed by atoms with Crippen molar-refractivity contribution in [2.45, 2.75) is 6.54 Å². The summed E-state index contributed by atoms with van der Waals surface area (Å²) in [6, 6.07) is 1.49. The Morgan fingerprint density at radius 2 is 2.27 bits per heavy atom. The topological polar surface area (TPSA) is 57.5 Å². The van der Waals surface area contributed by atoms with Crippen LogP contribution in [0.15, 0.2) is 12.3 Å². The van der Waals surface area contributed by atoms with Crippen molar-refractivity contribution < 1.29 is 19.1 Å². The first-order valence-corrected chi connectivity index (χ1v) is 4.45. The van der Waals surface area contributed by atoms with Gasteiger partial charge >= 0.3 is 5.97 Å². The van der Waals surface area contributed by atoms with E-state index in [1.165, 1.54) is 13.2 Å². The number of rotatable bonds is 5. The van der Waals surface area contributed by atoms with E-state index in [0.29, 0.717) is 30.7 Å². The van der Waals surface area contributed by atoms with Crippen molar-refractivity contribution in [3.63, 3.8) is 0 Å². The van der Waals surface area contributed by atoms with Gasteiger partial charge in [-0.2, -0.15) is 0 Å².